The van der Waals surface area contributed by atoms with Crippen LogP contribution in [0.3, 0.4) is 0 Å². The SMILES string of the molecule is Cn1c(SCC(=O)N2CCN(S(=O)(=O)Cc3ccccc3)CC2)nc2cc(Cl)ccc21. The molecule has 4 rings (SSSR count). The molecule has 0 bridgehead atoms. The van der Waals surface area contributed by atoms with Crippen LogP contribution in [-0.2, 0) is 27.6 Å². The van der Waals surface area contributed by atoms with E-state index >= 15 is 0 Å². The topological polar surface area (TPSA) is 75.5 Å². The number of carbonyl (C=O) groups excluding carboxylic acids is 1. The van der Waals surface area contributed by atoms with E-state index < -0.39 is 10.0 Å². The highest BCUT2D eigenvalue weighted by atomic mass is 35.5. The van der Waals surface area contributed by atoms with Gasteiger partial charge >= 0.3 is 0 Å². The summed E-state index contributed by atoms with van der Waals surface area (Å²) in [5.74, 6) is 0.214. The van der Waals surface area contributed by atoms with Crippen molar-refractivity contribution in [3.8, 4) is 0 Å². The molecule has 0 N–H and O–H groups in total. The van der Waals surface area contributed by atoms with E-state index in [4.69, 9.17) is 11.6 Å². The number of piperazine rings is 1. The molecule has 164 valence electrons. The average molecular weight is 479 g/mol. The number of amides is 1. The first-order valence-electron chi connectivity index (χ1n) is 9.88. The molecule has 0 spiro atoms. The number of sulfonamides is 1. The number of aryl methyl sites for hydroxylation is 1. The van der Waals surface area contributed by atoms with Crippen LogP contribution < -0.4 is 0 Å². The van der Waals surface area contributed by atoms with E-state index in [0.29, 0.717) is 31.2 Å². The Morgan fingerprint density at radius 2 is 1.81 bits per heavy atom. The number of fused-ring (bicyclic) bond motifs is 1. The molecule has 0 aliphatic carbocycles. The Hall–Kier alpha value is -2.07. The standard InChI is InChI=1S/C21H23ClN4O3S2/c1-24-19-8-7-17(22)13-18(19)23-21(24)30-14-20(27)25-9-11-26(12-10-25)31(28,29)15-16-5-3-2-4-6-16/h2-8,13H,9-12,14-15H2,1H3. The maximum atomic E-state index is 12.7. The number of nitrogens with zero attached hydrogens (tertiary/aromatic N) is 4. The first-order valence-corrected chi connectivity index (χ1v) is 12.8. The van der Waals surface area contributed by atoms with Gasteiger partial charge in [0.05, 0.1) is 22.5 Å². The van der Waals surface area contributed by atoms with Crippen LogP contribution in [0.5, 0.6) is 0 Å². The number of thioether (sulfide) groups is 1. The lowest BCUT2D eigenvalue weighted by molar-refractivity contribution is -0.129. The predicted molar refractivity (Wildman–Crippen MR) is 124 cm³/mol. The van der Waals surface area contributed by atoms with Gasteiger partial charge in [0.15, 0.2) is 5.16 Å². The van der Waals surface area contributed by atoms with Crippen LogP contribution in [0.4, 0.5) is 0 Å². The third kappa shape index (κ3) is 5.06. The second kappa shape index (κ2) is 9.20. The van der Waals surface area contributed by atoms with E-state index in [2.05, 4.69) is 4.98 Å². The van der Waals surface area contributed by atoms with Crippen LogP contribution in [0.25, 0.3) is 11.0 Å². The van der Waals surface area contributed by atoms with Gasteiger partial charge in [-0.1, -0.05) is 53.7 Å². The minimum atomic E-state index is -3.40. The number of benzene rings is 2. The fourth-order valence-electron chi connectivity index (χ4n) is 3.59. The molecule has 0 atom stereocenters. The Morgan fingerprint density at radius 3 is 2.52 bits per heavy atom. The highest BCUT2D eigenvalue weighted by Gasteiger charge is 2.29. The number of aromatic nitrogens is 2. The van der Waals surface area contributed by atoms with Crippen molar-refractivity contribution in [2.24, 2.45) is 7.05 Å². The molecule has 2 heterocycles. The summed E-state index contributed by atoms with van der Waals surface area (Å²) in [6, 6.07) is 14.7. The van der Waals surface area contributed by atoms with Crippen LogP contribution in [0.15, 0.2) is 53.7 Å². The average Bonchev–Trinajstić information content (AvgIpc) is 3.07. The van der Waals surface area contributed by atoms with Gasteiger partial charge in [0.1, 0.15) is 0 Å². The molecular formula is C21H23ClN4O3S2. The van der Waals surface area contributed by atoms with Crippen LogP contribution >= 0.6 is 23.4 Å². The normalized spacial score (nSPS) is 15.5. The lowest BCUT2D eigenvalue weighted by Crippen LogP contribution is -2.51. The van der Waals surface area contributed by atoms with Gasteiger partial charge in [0.2, 0.25) is 15.9 Å². The van der Waals surface area contributed by atoms with E-state index in [1.165, 1.54) is 16.1 Å². The summed E-state index contributed by atoms with van der Waals surface area (Å²) in [5.41, 5.74) is 2.51. The zero-order valence-electron chi connectivity index (χ0n) is 17.1. The van der Waals surface area contributed by atoms with Crippen LogP contribution in [0.1, 0.15) is 5.56 Å². The van der Waals surface area contributed by atoms with Crippen LogP contribution in [0, 0.1) is 0 Å². The number of halogens is 1. The van der Waals surface area contributed by atoms with E-state index in [1.807, 2.05) is 54.1 Å². The number of hydrogen-bond acceptors (Lipinski definition) is 5. The van der Waals surface area contributed by atoms with E-state index in [9.17, 15) is 13.2 Å². The molecule has 3 aromatic rings. The lowest BCUT2D eigenvalue weighted by Gasteiger charge is -2.34. The van der Waals surface area contributed by atoms with Crippen molar-refractivity contribution >= 4 is 50.3 Å². The number of hydrogen-bond donors (Lipinski definition) is 0. The summed E-state index contributed by atoms with van der Waals surface area (Å²) in [6.45, 7) is 1.42. The van der Waals surface area contributed by atoms with Crippen LogP contribution in [-0.4, -0.2) is 65.0 Å². The Kier molecular flexibility index (Phi) is 6.57. The van der Waals surface area contributed by atoms with Gasteiger partial charge in [0, 0.05) is 38.2 Å². The maximum Gasteiger partial charge on any atom is 0.233 e. The van der Waals surface area contributed by atoms with Gasteiger partial charge in [-0.25, -0.2) is 13.4 Å². The second-order valence-electron chi connectivity index (χ2n) is 7.40. The first kappa shape index (κ1) is 22.1. The fraction of sp³-hybridized carbons (Fsp3) is 0.333. The van der Waals surface area contributed by atoms with Gasteiger partial charge in [0.25, 0.3) is 0 Å². The number of rotatable bonds is 6. The molecule has 1 amide bonds. The minimum Gasteiger partial charge on any atom is -0.339 e. The summed E-state index contributed by atoms with van der Waals surface area (Å²) in [5, 5.41) is 1.37. The van der Waals surface area contributed by atoms with E-state index in [-0.39, 0.29) is 17.4 Å². The first-order chi connectivity index (χ1) is 14.8. The molecule has 1 aliphatic heterocycles. The van der Waals surface area contributed by atoms with Gasteiger partial charge in [-0.05, 0) is 23.8 Å². The molecule has 31 heavy (non-hydrogen) atoms. The van der Waals surface area contributed by atoms with Gasteiger partial charge in [-0.3, -0.25) is 4.79 Å². The van der Waals surface area contributed by atoms with Crippen molar-refractivity contribution in [1.82, 2.24) is 18.8 Å². The second-order valence-corrected chi connectivity index (χ2v) is 10.7. The van der Waals surface area contributed by atoms with Gasteiger partial charge in [-0.2, -0.15) is 4.31 Å². The molecule has 0 saturated carbocycles. The molecular weight excluding hydrogens is 456 g/mol. The fourth-order valence-corrected chi connectivity index (χ4v) is 6.16. The third-order valence-corrected chi connectivity index (χ3v) is 8.40. The minimum absolute atomic E-state index is 0.0183. The molecule has 10 heteroatoms. The molecule has 0 radical (unpaired) electrons. The molecule has 7 nitrogen and oxygen atoms in total. The molecule has 2 aromatic carbocycles. The lowest BCUT2D eigenvalue weighted by atomic mass is 10.2. The van der Waals surface area contributed by atoms with Crippen molar-refractivity contribution < 1.29 is 13.2 Å². The largest absolute Gasteiger partial charge is 0.339 e. The Morgan fingerprint density at radius 1 is 1.10 bits per heavy atom. The van der Waals surface area contributed by atoms with Crippen molar-refractivity contribution in [3.63, 3.8) is 0 Å². The monoisotopic (exact) mass is 478 g/mol. The molecule has 1 saturated heterocycles. The quantitative estimate of drug-likeness (QED) is 0.509. The molecule has 1 fully saturated rings. The summed E-state index contributed by atoms with van der Waals surface area (Å²) in [6.07, 6.45) is 0. The Labute approximate surface area is 191 Å². The maximum absolute atomic E-state index is 12.7. The molecule has 1 aromatic heterocycles. The van der Waals surface area contributed by atoms with Crippen molar-refractivity contribution in [2.75, 3.05) is 31.9 Å². The Balaban J connectivity index is 1.32. The molecule has 1 aliphatic rings. The zero-order chi connectivity index (χ0) is 22.0. The van der Waals surface area contributed by atoms with Crippen LogP contribution in [0.2, 0.25) is 5.02 Å². The van der Waals surface area contributed by atoms with Crippen molar-refractivity contribution in [1.29, 1.82) is 0 Å². The summed E-state index contributed by atoms with van der Waals surface area (Å²) in [7, 11) is -1.49. The van der Waals surface area contributed by atoms with Crippen molar-refractivity contribution in [2.45, 2.75) is 10.9 Å². The highest BCUT2D eigenvalue weighted by Crippen LogP contribution is 2.25. The Bertz CT molecular complexity index is 1190. The molecule has 0 unspecified atom stereocenters. The predicted octanol–water partition coefficient (Wildman–Crippen LogP) is 2.99. The smallest absolute Gasteiger partial charge is 0.233 e. The number of carbonyl (C=O) groups is 1. The summed E-state index contributed by atoms with van der Waals surface area (Å²) >= 11 is 7.41. The third-order valence-electron chi connectivity index (χ3n) is 5.30. The van der Waals surface area contributed by atoms with Crippen molar-refractivity contribution in [3.05, 3.63) is 59.1 Å². The van der Waals surface area contributed by atoms with Gasteiger partial charge in [-0.15, -0.1) is 0 Å². The van der Waals surface area contributed by atoms with Gasteiger partial charge < -0.3 is 9.47 Å². The number of imidazole rings is 1. The van der Waals surface area contributed by atoms with E-state index in [1.54, 1.807) is 11.0 Å². The highest BCUT2D eigenvalue weighted by molar-refractivity contribution is 7.99. The zero-order valence-corrected chi connectivity index (χ0v) is 19.5. The van der Waals surface area contributed by atoms with E-state index in [0.717, 1.165) is 21.8 Å². The summed E-state index contributed by atoms with van der Waals surface area (Å²) < 4.78 is 28.8. The summed E-state index contributed by atoms with van der Waals surface area (Å²) in [4.78, 5) is 19.0.